The quantitative estimate of drug-likeness (QED) is 0.217. The summed E-state index contributed by atoms with van der Waals surface area (Å²) >= 11 is 5.59. The molecule has 1 amide bonds. The molecule has 206 valence electrons. The van der Waals surface area contributed by atoms with Crippen LogP contribution in [-0.2, 0) is 10.9 Å². The molecule has 1 N–H and O–H groups in total. The fourth-order valence-electron chi connectivity index (χ4n) is 4.32. The van der Waals surface area contributed by atoms with Gasteiger partial charge in [0, 0.05) is 41.4 Å². The summed E-state index contributed by atoms with van der Waals surface area (Å²) < 4.78 is 74.1. The van der Waals surface area contributed by atoms with Gasteiger partial charge in [-0.05, 0) is 48.5 Å². The van der Waals surface area contributed by atoms with Crippen molar-refractivity contribution in [1.82, 2.24) is 4.98 Å². The van der Waals surface area contributed by atoms with Crippen LogP contribution in [0, 0.1) is 11.6 Å². The van der Waals surface area contributed by atoms with Gasteiger partial charge in [0.1, 0.15) is 0 Å². The molecule has 4 aromatic rings. The second-order valence-electron chi connectivity index (χ2n) is 9.00. The zero-order valence-corrected chi connectivity index (χ0v) is 21.2. The third-order valence-corrected chi connectivity index (χ3v) is 6.70. The summed E-state index contributed by atoms with van der Waals surface area (Å²) in [5, 5.41) is 2.21. The molecule has 1 aliphatic rings. The van der Waals surface area contributed by atoms with E-state index in [0.29, 0.717) is 49.3 Å². The fraction of sp³-hybridized carbons (Fsp3) is 0.179. The minimum atomic E-state index is -4.81. The summed E-state index contributed by atoms with van der Waals surface area (Å²) in [4.78, 5) is 32.3. The summed E-state index contributed by atoms with van der Waals surface area (Å²) in [7, 11) is 0. The van der Waals surface area contributed by atoms with Crippen molar-refractivity contribution in [2.75, 3.05) is 36.5 Å². The van der Waals surface area contributed by atoms with Gasteiger partial charge in [-0.25, -0.2) is 8.78 Å². The van der Waals surface area contributed by atoms with Crippen LogP contribution in [0.2, 0.25) is 5.02 Å². The van der Waals surface area contributed by atoms with E-state index < -0.39 is 51.2 Å². The third-order valence-electron chi connectivity index (χ3n) is 6.37. The van der Waals surface area contributed by atoms with Crippen LogP contribution in [0.3, 0.4) is 0 Å². The second-order valence-corrected chi connectivity index (χ2v) is 9.40. The predicted molar refractivity (Wildman–Crippen MR) is 139 cm³/mol. The molecule has 0 atom stereocenters. The number of ketones is 1. The number of carbonyl (C=O) groups excluding carboxylic acids is 2. The number of alkyl halides is 3. The molecule has 6 nitrogen and oxygen atoms in total. The normalized spacial score (nSPS) is 13.9. The van der Waals surface area contributed by atoms with Gasteiger partial charge in [-0.2, -0.15) is 13.2 Å². The number of ether oxygens (including phenoxy) is 1. The van der Waals surface area contributed by atoms with Crippen molar-refractivity contribution in [3.05, 3.63) is 99.7 Å². The van der Waals surface area contributed by atoms with Crippen LogP contribution in [0.15, 0.2) is 60.8 Å². The second kappa shape index (κ2) is 10.8. The zero-order valence-electron chi connectivity index (χ0n) is 20.5. The molecule has 1 saturated heterocycles. The number of amides is 1. The van der Waals surface area contributed by atoms with Crippen LogP contribution in [-0.4, -0.2) is 43.0 Å². The number of fused-ring (bicyclic) bond motifs is 1. The summed E-state index contributed by atoms with van der Waals surface area (Å²) in [5.74, 6) is -4.77. The van der Waals surface area contributed by atoms with E-state index in [1.54, 1.807) is 12.3 Å². The van der Waals surface area contributed by atoms with E-state index in [0.717, 1.165) is 23.9 Å². The Kier molecular flexibility index (Phi) is 7.43. The molecule has 0 aliphatic carbocycles. The summed E-state index contributed by atoms with van der Waals surface area (Å²) in [6.07, 6.45) is -3.11. The Bertz CT molecular complexity index is 1640. The van der Waals surface area contributed by atoms with E-state index in [2.05, 4.69) is 15.2 Å². The summed E-state index contributed by atoms with van der Waals surface area (Å²) in [6.45, 7) is 2.47. The number of hydrogen-bond donors (Lipinski definition) is 1. The maximum absolute atomic E-state index is 14.7. The van der Waals surface area contributed by atoms with Crippen LogP contribution >= 0.6 is 11.6 Å². The molecule has 0 radical (unpaired) electrons. The molecule has 1 aliphatic heterocycles. The van der Waals surface area contributed by atoms with Crippen LogP contribution in [0.5, 0.6) is 0 Å². The Morgan fingerprint density at radius 3 is 2.40 bits per heavy atom. The van der Waals surface area contributed by atoms with Crippen LogP contribution in [0.25, 0.3) is 10.9 Å². The number of carbonyl (C=O) groups is 2. The number of nitrogens with zero attached hydrogens (tertiary/aromatic N) is 2. The predicted octanol–water partition coefficient (Wildman–Crippen LogP) is 6.51. The van der Waals surface area contributed by atoms with Crippen molar-refractivity contribution in [2.24, 2.45) is 0 Å². The first kappa shape index (κ1) is 27.5. The topological polar surface area (TPSA) is 71.5 Å². The first-order chi connectivity index (χ1) is 19.0. The number of rotatable bonds is 5. The van der Waals surface area contributed by atoms with E-state index >= 15 is 0 Å². The van der Waals surface area contributed by atoms with Crippen molar-refractivity contribution in [1.29, 1.82) is 0 Å². The molecule has 2 heterocycles. The van der Waals surface area contributed by atoms with Gasteiger partial charge in [-0.1, -0.05) is 11.6 Å². The lowest BCUT2D eigenvalue weighted by molar-refractivity contribution is -0.137. The Morgan fingerprint density at radius 1 is 0.950 bits per heavy atom. The summed E-state index contributed by atoms with van der Waals surface area (Å²) in [5.41, 5.74) is -1.20. The molecule has 0 bridgehead atoms. The largest absolute Gasteiger partial charge is 0.417 e. The van der Waals surface area contributed by atoms with Crippen molar-refractivity contribution in [3.63, 3.8) is 0 Å². The van der Waals surface area contributed by atoms with Gasteiger partial charge in [0.15, 0.2) is 17.4 Å². The standard InChI is InChI=1S/C28H19ClF5N3O3/c29-22-3-1-16(11-21(22)28(32,33)34)27(39)36-18-12-20(25(31)23(30)13-18)26(38)15-2-4-24-17(9-15)10-19(14-35-24)37-5-7-40-8-6-37/h1-4,9-14H,5-8H2,(H,36,39). The zero-order chi connectivity index (χ0) is 28.6. The minimum Gasteiger partial charge on any atom is -0.378 e. The monoisotopic (exact) mass is 575 g/mol. The molecule has 0 spiro atoms. The molecular formula is C28H19ClF5N3O3. The maximum atomic E-state index is 14.7. The van der Waals surface area contributed by atoms with E-state index in [-0.39, 0.29) is 11.3 Å². The Hall–Kier alpha value is -4.09. The fourth-order valence-corrected chi connectivity index (χ4v) is 4.55. The Balaban J connectivity index is 1.44. The van der Waals surface area contributed by atoms with Gasteiger partial charge in [0.2, 0.25) is 0 Å². The van der Waals surface area contributed by atoms with Gasteiger partial charge in [-0.15, -0.1) is 0 Å². The average Bonchev–Trinajstić information content (AvgIpc) is 2.94. The van der Waals surface area contributed by atoms with E-state index in [1.807, 2.05) is 6.07 Å². The van der Waals surface area contributed by atoms with Gasteiger partial charge in [0.05, 0.1) is 46.8 Å². The van der Waals surface area contributed by atoms with Gasteiger partial charge in [0.25, 0.3) is 5.91 Å². The van der Waals surface area contributed by atoms with Crippen LogP contribution in [0.4, 0.5) is 33.3 Å². The number of halogens is 6. The lowest BCUT2D eigenvalue weighted by Crippen LogP contribution is -2.36. The number of anilines is 2. The molecule has 1 fully saturated rings. The third kappa shape index (κ3) is 5.61. The van der Waals surface area contributed by atoms with E-state index in [9.17, 15) is 31.5 Å². The van der Waals surface area contributed by atoms with Crippen molar-refractivity contribution in [2.45, 2.75) is 6.18 Å². The highest BCUT2D eigenvalue weighted by atomic mass is 35.5. The highest BCUT2D eigenvalue weighted by Gasteiger charge is 2.34. The molecule has 5 rings (SSSR count). The number of pyridine rings is 1. The highest BCUT2D eigenvalue weighted by molar-refractivity contribution is 6.31. The maximum Gasteiger partial charge on any atom is 0.417 e. The number of morpholine rings is 1. The lowest BCUT2D eigenvalue weighted by atomic mass is 10.00. The number of aromatic nitrogens is 1. The molecule has 1 aromatic heterocycles. The van der Waals surface area contributed by atoms with E-state index in [1.165, 1.54) is 12.1 Å². The van der Waals surface area contributed by atoms with E-state index in [4.69, 9.17) is 16.3 Å². The molecule has 12 heteroatoms. The smallest absolute Gasteiger partial charge is 0.378 e. The number of benzene rings is 3. The molecule has 40 heavy (non-hydrogen) atoms. The minimum absolute atomic E-state index is 0.0442. The van der Waals surface area contributed by atoms with Crippen molar-refractivity contribution < 1.29 is 36.3 Å². The lowest BCUT2D eigenvalue weighted by Gasteiger charge is -2.28. The SMILES string of the molecule is O=C(Nc1cc(F)c(F)c(C(=O)c2ccc3ncc(N4CCOCC4)cc3c2)c1)c1ccc(Cl)c(C(F)(F)F)c1. The average molecular weight is 576 g/mol. The van der Waals surface area contributed by atoms with Gasteiger partial charge < -0.3 is 15.0 Å². The van der Waals surface area contributed by atoms with Gasteiger partial charge in [-0.3, -0.25) is 14.6 Å². The Morgan fingerprint density at radius 2 is 1.68 bits per heavy atom. The van der Waals surface area contributed by atoms with Crippen molar-refractivity contribution >= 4 is 45.6 Å². The highest BCUT2D eigenvalue weighted by Crippen LogP contribution is 2.35. The van der Waals surface area contributed by atoms with Gasteiger partial charge >= 0.3 is 6.18 Å². The number of hydrogen-bond acceptors (Lipinski definition) is 5. The molecule has 0 unspecified atom stereocenters. The van der Waals surface area contributed by atoms with Crippen LogP contribution in [0.1, 0.15) is 31.8 Å². The van der Waals surface area contributed by atoms with Crippen molar-refractivity contribution in [3.8, 4) is 0 Å². The number of nitrogens with one attached hydrogen (secondary N) is 1. The first-order valence-electron chi connectivity index (χ1n) is 12.0. The molecular weight excluding hydrogens is 557 g/mol. The first-order valence-corrected chi connectivity index (χ1v) is 12.3. The van der Waals surface area contributed by atoms with Crippen LogP contribution < -0.4 is 10.2 Å². The Labute approximate surface area is 229 Å². The molecule has 0 saturated carbocycles. The molecule has 3 aromatic carbocycles. The summed E-state index contributed by atoms with van der Waals surface area (Å²) in [6, 6.07) is 10.4.